The summed E-state index contributed by atoms with van der Waals surface area (Å²) in [6, 6.07) is 4.81. The molecule has 1 saturated heterocycles. The number of likely N-dealkylation sites (tertiary alicyclic amines) is 1. The quantitative estimate of drug-likeness (QED) is 0.817. The van der Waals surface area contributed by atoms with Crippen molar-refractivity contribution in [2.45, 2.75) is 39.5 Å². The first-order valence-electron chi connectivity index (χ1n) is 7.87. The van der Waals surface area contributed by atoms with Crippen LogP contribution < -0.4 is 5.32 Å². The molecule has 0 bridgehead atoms. The molecule has 0 radical (unpaired) electrons. The van der Waals surface area contributed by atoms with Crippen molar-refractivity contribution >= 4 is 40.7 Å². The van der Waals surface area contributed by atoms with Gasteiger partial charge < -0.3 is 10.2 Å². The SMILES string of the molecule is CC(C)(C(=O)Nc1cc(Cl)cc(Cl)c1)C(=O)N1CCCCCC1. The van der Waals surface area contributed by atoms with Crippen LogP contribution in [0.3, 0.4) is 0 Å². The van der Waals surface area contributed by atoms with Crippen LogP contribution in [0.5, 0.6) is 0 Å². The first-order chi connectivity index (χ1) is 10.8. The highest BCUT2D eigenvalue weighted by atomic mass is 35.5. The van der Waals surface area contributed by atoms with Crippen LogP contribution in [0.2, 0.25) is 10.0 Å². The lowest BCUT2D eigenvalue weighted by molar-refractivity contribution is -0.146. The Hall–Kier alpha value is -1.26. The van der Waals surface area contributed by atoms with Gasteiger partial charge in [-0.1, -0.05) is 36.0 Å². The van der Waals surface area contributed by atoms with Crippen molar-refractivity contribution in [2.24, 2.45) is 5.41 Å². The zero-order valence-corrected chi connectivity index (χ0v) is 15.0. The Kier molecular flexibility index (Phi) is 5.93. The van der Waals surface area contributed by atoms with Crippen molar-refractivity contribution in [2.75, 3.05) is 18.4 Å². The molecule has 4 nitrogen and oxygen atoms in total. The largest absolute Gasteiger partial charge is 0.342 e. The summed E-state index contributed by atoms with van der Waals surface area (Å²) in [4.78, 5) is 27.1. The van der Waals surface area contributed by atoms with E-state index in [0.717, 1.165) is 38.8 Å². The number of nitrogens with zero attached hydrogens (tertiary/aromatic N) is 1. The minimum absolute atomic E-state index is 0.134. The molecular weight excluding hydrogens is 335 g/mol. The number of rotatable bonds is 3. The summed E-state index contributed by atoms with van der Waals surface area (Å²) in [5.74, 6) is -0.491. The molecule has 2 amide bonds. The van der Waals surface area contributed by atoms with Crippen LogP contribution in [0.25, 0.3) is 0 Å². The van der Waals surface area contributed by atoms with Gasteiger partial charge in [-0.3, -0.25) is 9.59 Å². The number of nitrogens with one attached hydrogen (secondary N) is 1. The molecule has 0 aromatic heterocycles. The van der Waals surface area contributed by atoms with E-state index in [1.54, 1.807) is 36.9 Å². The minimum atomic E-state index is -1.14. The second kappa shape index (κ2) is 7.54. The fourth-order valence-corrected chi connectivity index (χ4v) is 3.21. The monoisotopic (exact) mass is 356 g/mol. The van der Waals surface area contributed by atoms with Crippen LogP contribution in [0.1, 0.15) is 39.5 Å². The number of benzene rings is 1. The standard InChI is InChI=1S/C17H22Cl2N2O2/c1-17(2,16(23)21-7-5-3-4-6-8-21)15(22)20-14-10-12(18)9-13(19)11-14/h9-11H,3-8H2,1-2H3,(H,20,22). The van der Waals surface area contributed by atoms with Gasteiger partial charge >= 0.3 is 0 Å². The molecule has 0 saturated carbocycles. The van der Waals surface area contributed by atoms with E-state index in [4.69, 9.17) is 23.2 Å². The van der Waals surface area contributed by atoms with E-state index in [1.807, 2.05) is 0 Å². The molecule has 0 spiro atoms. The van der Waals surface area contributed by atoms with Gasteiger partial charge in [-0.25, -0.2) is 0 Å². The molecule has 2 rings (SSSR count). The van der Waals surface area contributed by atoms with E-state index in [2.05, 4.69) is 5.32 Å². The van der Waals surface area contributed by atoms with Crippen molar-refractivity contribution in [1.29, 1.82) is 0 Å². The van der Waals surface area contributed by atoms with Crippen LogP contribution in [-0.4, -0.2) is 29.8 Å². The number of hydrogen-bond donors (Lipinski definition) is 1. The Bertz CT molecular complexity index is 574. The maximum atomic E-state index is 12.8. The third kappa shape index (κ3) is 4.61. The second-order valence-corrected chi connectivity index (χ2v) is 7.32. The number of hydrogen-bond acceptors (Lipinski definition) is 2. The molecule has 1 heterocycles. The fourth-order valence-electron chi connectivity index (χ4n) is 2.68. The van der Waals surface area contributed by atoms with Crippen molar-refractivity contribution in [3.05, 3.63) is 28.2 Å². The van der Waals surface area contributed by atoms with Crippen molar-refractivity contribution in [3.63, 3.8) is 0 Å². The van der Waals surface area contributed by atoms with Crippen molar-refractivity contribution < 1.29 is 9.59 Å². The fraction of sp³-hybridized carbons (Fsp3) is 0.529. The van der Waals surface area contributed by atoms with Gasteiger partial charge in [-0.05, 0) is 44.9 Å². The van der Waals surface area contributed by atoms with Crippen molar-refractivity contribution in [1.82, 2.24) is 4.90 Å². The first-order valence-corrected chi connectivity index (χ1v) is 8.63. The lowest BCUT2D eigenvalue weighted by Gasteiger charge is -2.30. The van der Waals surface area contributed by atoms with E-state index in [-0.39, 0.29) is 11.8 Å². The number of carbonyl (C=O) groups excluding carboxylic acids is 2. The zero-order valence-electron chi connectivity index (χ0n) is 13.5. The van der Waals surface area contributed by atoms with Crippen LogP contribution in [0, 0.1) is 5.41 Å². The molecule has 1 N–H and O–H groups in total. The smallest absolute Gasteiger partial charge is 0.239 e. The summed E-state index contributed by atoms with van der Waals surface area (Å²) in [7, 11) is 0. The normalized spacial score (nSPS) is 15.9. The topological polar surface area (TPSA) is 49.4 Å². The number of anilines is 1. The van der Waals surface area contributed by atoms with Gasteiger partial charge in [0.2, 0.25) is 11.8 Å². The predicted octanol–water partition coefficient (Wildman–Crippen LogP) is 4.36. The molecule has 1 aromatic carbocycles. The highest BCUT2D eigenvalue weighted by Gasteiger charge is 2.39. The number of amides is 2. The minimum Gasteiger partial charge on any atom is -0.342 e. The highest BCUT2D eigenvalue weighted by Crippen LogP contribution is 2.27. The molecule has 0 atom stereocenters. The summed E-state index contributed by atoms with van der Waals surface area (Å²) >= 11 is 11.9. The predicted molar refractivity (Wildman–Crippen MR) is 93.9 cm³/mol. The molecule has 1 aliphatic heterocycles. The summed E-state index contributed by atoms with van der Waals surface area (Å²) in [6.07, 6.45) is 4.26. The van der Waals surface area contributed by atoms with Crippen LogP contribution in [0.4, 0.5) is 5.69 Å². The Morgan fingerprint density at radius 3 is 2.04 bits per heavy atom. The highest BCUT2D eigenvalue weighted by molar-refractivity contribution is 6.35. The maximum Gasteiger partial charge on any atom is 0.239 e. The third-order valence-corrected chi connectivity index (χ3v) is 4.55. The van der Waals surface area contributed by atoms with Crippen LogP contribution in [-0.2, 0) is 9.59 Å². The number of halogens is 2. The van der Waals surface area contributed by atoms with Gasteiger partial charge in [-0.15, -0.1) is 0 Å². The lowest BCUT2D eigenvalue weighted by Crippen LogP contribution is -2.47. The van der Waals surface area contributed by atoms with Gasteiger partial charge in [-0.2, -0.15) is 0 Å². The van der Waals surface area contributed by atoms with E-state index in [9.17, 15) is 9.59 Å². The summed E-state index contributed by atoms with van der Waals surface area (Å²) < 4.78 is 0. The Labute approximate surface area is 147 Å². The summed E-state index contributed by atoms with van der Waals surface area (Å²) in [5.41, 5.74) is -0.650. The Balaban J connectivity index is 2.10. The molecule has 1 fully saturated rings. The van der Waals surface area contributed by atoms with E-state index in [1.165, 1.54) is 0 Å². The molecular formula is C17H22Cl2N2O2. The average molecular weight is 357 g/mol. The number of carbonyl (C=O) groups is 2. The van der Waals surface area contributed by atoms with Gasteiger partial charge in [0.1, 0.15) is 5.41 Å². The zero-order chi connectivity index (χ0) is 17.0. The second-order valence-electron chi connectivity index (χ2n) is 6.44. The van der Waals surface area contributed by atoms with Crippen LogP contribution >= 0.6 is 23.2 Å². The van der Waals surface area contributed by atoms with Crippen molar-refractivity contribution in [3.8, 4) is 0 Å². The van der Waals surface area contributed by atoms with Gasteiger partial charge in [0.05, 0.1) is 0 Å². The molecule has 1 aromatic rings. The van der Waals surface area contributed by atoms with E-state index < -0.39 is 5.41 Å². The third-order valence-electron chi connectivity index (χ3n) is 4.12. The van der Waals surface area contributed by atoms with E-state index >= 15 is 0 Å². The molecule has 6 heteroatoms. The Morgan fingerprint density at radius 1 is 1.00 bits per heavy atom. The summed E-state index contributed by atoms with van der Waals surface area (Å²) in [5, 5.41) is 3.61. The van der Waals surface area contributed by atoms with Gasteiger partial charge in [0.25, 0.3) is 0 Å². The summed E-state index contributed by atoms with van der Waals surface area (Å²) in [6.45, 7) is 4.75. The average Bonchev–Trinajstić information content (AvgIpc) is 2.74. The Morgan fingerprint density at radius 2 is 1.52 bits per heavy atom. The lowest BCUT2D eigenvalue weighted by atomic mass is 9.90. The van der Waals surface area contributed by atoms with Gasteiger partial charge in [0, 0.05) is 28.8 Å². The van der Waals surface area contributed by atoms with E-state index in [0.29, 0.717) is 15.7 Å². The molecule has 0 aliphatic carbocycles. The van der Waals surface area contributed by atoms with Crippen LogP contribution in [0.15, 0.2) is 18.2 Å². The molecule has 0 unspecified atom stereocenters. The molecule has 1 aliphatic rings. The maximum absolute atomic E-state index is 12.8. The first kappa shape index (κ1) is 18.1. The molecule has 23 heavy (non-hydrogen) atoms. The molecule has 126 valence electrons. The van der Waals surface area contributed by atoms with Gasteiger partial charge in [0.15, 0.2) is 0 Å².